The Morgan fingerprint density at radius 2 is 2.11 bits per heavy atom. The molecule has 1 unspecified atom stereocenters. The first-order valence-corrected chi connectivity index (χ1v) is 6.88. The van der Waals surface area contributed by atoms with E-state index in [2.05, 4.69) is 5.32 Å². The third-order valence-corrected chi connectivity index (χ3v) is 3.62. The van der Waals surface area contributed by atoms with Crippen LogP contribution in [0, 0.1) is 6.92 Å². The normalized spacial score (nSPS) is 16.6. The second kappa shape index (κ2) is 6.06. The van der Waals surface area contributed by atoms with Crippen LogP contribution in [0.3, 0.4) is 0 Å². The van der Waals surface area contributed by atoms with Crippen molar-refractivity contribution in [3.63, 3.8) is 0 Å². The summed E-state index contributed by atoms with van der Waals surface area (Å²) in [5, 5.41) is 13.0. The van der Waals surface area contributed by atoms with Crippen molar-refractivity contribution in [3.05, 3.63) is 29.3 Å². The molecule has 19 heavy (non-hydrogen) atoms. The molecule has 2 rings (SSSR count). The van der Waals surface area contributed by atoms with E-state index in [1.165, 1.54) is 0 Å². The van der Waals surface area contributed by atoms with Gasteiger partial charge in [-0.05, 0) is 32.8 Å². The molecule has 1 aliphatic heterocycles. The van der Waals surface area contributed by atoms with E-state index < -0.39 is 0 Å². The predicted octanol–water partition coefficient (Wildman–Crippen LogP) is 1.80. The van der Waals surface area contributed by atoms with Gasteiger partial charge >= 0.3 is 0 Å². The molecule has 104 valence electrons. The molecule has 1 aliphatic rings. The van der Waals surface area contributed by atoms with Crippen molar-refractivity contribution in [3.8, 4) is 5.75 Å². The zero-order valence-electron chi connectivity index (χ0n) is 11.6. The van der Waals surface area contributed by atoms with Gasteiger partial charge in [0.05, 0.1) is 6.04 Å². The van der Waals surface area contributed by atoms with Gasteiger partial charge in [-0.25, -0.2) is 0 Å². The van der Waals surface area contributed by atoms with Crippen molar-refractivity contribution in [2.45, 2.75) is 39.3 Å². The van der Waals surface area contributed by atoms with Gasteiger partial charge < -0.3 is 15.3 Å². The van der Waals surface area contributed by atoms with Crippen LogP contribution < -0.4 is 5.32 Å². The Kier molecular flexibility index (Phi) is 4.43. The van der Waals surface area contributed by atoms with E-state index in [0.717, 1.165) is 37.1 Å². The number of phenolic OH excluding ortho intramolecular Hbond substituents is 1. The lowest BCUT2D eigenvalue weighted by atomic mass is 10.1. The summed E-state index contributed by atoms with van der Waals surface area (Å²) in [6.07, 6.45) is 2.22. The number of aryl methyl sites for hydroxylation is 1. The van der Waals surface area contributed by atoms with Crippen LogP contribution in [-0.4, -0.2) is 35.0 Å². The van der Waals surface area contributed by atoms with Gasteiger partial charge in [-0.2, -0.15) is 0 Å². The molecule has 0 spiro atoms. The third-order valence-electron chi connectivity index (χ3n) is 3.62. The Bertz CT molecular complexity index is 453. The fourth-order valence-electron chi connectivity index (χ4n) is 2.42. The summed E-state index contributed by atoms with van der Waals surface area (Å²) >= 11 is 0. The minimum Gasteiger partial charge on any atom is -0.508 e. The van der Waals surface area contributed by atoms with Crippen LogP contribution in [0.1, 0.15) is 30.9 Å². The quantitative estimate of drug-likeness (QED) is 0.870. The minimum absolute atomic E-state index is 0.157. The zero-order chi connectivity index (χ0) is 13.8. The Morgan fingerprint density at radius 3 is 2.79 bits per heavy atom. The van der Waals surface area contributed by atoms with E-state index in [1.807, 2.05) is 30.9 Å². The molecule has 1 amide bonds. The van der Waals surface area contributed by atoms with Gasteiger partial charge in [0, 0.05) is 25.2 Å². The standard InChI is InChI=1S/C15H22N2O2/c1-11-5-6-14(18)13(9-11)10-16-12(2)15(19)17-7-3-4-8-17/h5-6,9,12,16,18H,3-4,7-8,10H2,1-2H3. The fraction of sp³-hybridized carbons (Fsp3) is 0.533. The van der Waals surface area contributed by atoms with Crippen molar-refractivity contribution >= 4 is 5.91 Å². The van der Waals surface area contributed by atoms with E-state index in [9.17, 15) is 9.90 Å². The molecule has 1 aromatic carbocycles. The van der Waals surface area contributed by atoms with Gasteiger partial charge in [-0.15, -0.1) is 0 Å². The van der Waals surface area contributed by atoms with E-state index >= 15 is 0 Å². The number of amides is 1. The highest BCUT2D eigenvalue weighted by Crippen LogP contribution is 2.18. The molecule has 1 heterocycles. The molecule has 4 heteroatoms. The summed E-state index contributed by atoms with van der Waals surface area (Å²) in [7, 11) is 0. The molecule has 1 aromatic rings. The first-order chi connectivity index (χ1) is 9.08. The van der Waals surface area contributed by atoms with Crippen LogP contribution in [0.15, 0.2) is 18.2 Å². The van der Waals surface area contributed by atoms with Crippen LogP contribution in [0.25, 0.3) is 0 Å². The maximum Gasteiger partial charge on any atom is 0.239 e. The summed E-state index contributed by atoms with van der Waals surface area (Å²) in [5.41, 5.74) is 1.94. The second-order valence-corrected chi connectivity index (χ2v) is 5.27. The maximum absolute atomic E-state index is 12.1. The lowest BCUT2D eigenvalue weighted by molar-refractivity contribution is -0.131. The Balaban J connectivity index is 1.90. The van der Waals surface area contributed by atoms with Gasteiger partial charge in [0.15, 0.2) is 0 Å². The van der Waals surface area contributed by atoms with Crippen LogP contribution in [0.2, 0.25) is 0 Å². The van der Waals surface area contributed by atoms with E-state index in [-0.39, 0.29) is 17.7 Å². The molecular weight excluding hydrogens is 240 g/mol. The molecule has 0 aliphatic carbocycles. The maximum atomic E-state index is 12.1. The zero-order valence-corrected chi connectivity index (χ0v) is 11.6. The van der Waals surface area contributed by atoms with Crippen molar-refractivity contribution < 1.29 is 9.90 Å². The van der Waals surface area contributed by atoms with Gasteiger partial charge in [0.1, 0.15) is 5.75 Å². The topological polar surface area (TPSA) is 52.6 Å². The SMILES string of the molecule is Cc1ccc(O)c(CNC(C)C(=O)N2CCCC2)c1. The molecule has 1 atom stereocenters. The second-order valence-electron chi connectivity index (χ2n) is 5.27. The van der Waals surface area contributed by atoms with Crippen LogP contribution in [0.5, 0.6) is 5.75 Å². The summed E-state index contributed by atoms with van der Waals surface area (Å²) in [4.78, 5) is 14.0. The first-order valence-electron chi connectivity index (χ1n) is 6.88. The largest absolute Gasteiger partial charge is 0.508 e. The highest BCUT2D eigenvalue weighted by atomic mass is 16.3. The third kappa shape index (κ3) is 3.47. The molecule has 4 nitrogen and oxygen atoms in total. The number of benzene rings is 1. The minimum atomic E-state index is -0.210. The Morgan fingerprint density at radius 1 is 1.42 bits per heavy atom. The number of carbonyl (C=O) groups excluding carboxylic acids is 1. The first kappa shape index (κ1) is 13.9. The van der Waals surface area contributed by atoms with Crippen molar-refractivity contribution in [1.29, 1.82) is 0 Å². The Labute approximate surface area is 114 Å². The summed E-state index contributed by atoms with van der Waals surface area (Å²) < 4.78 is 0. The van der Waals surface area contributed by atoms with Crippen molar-refractivity contribution in [2.75, 3.05) is 13.1 Å². The van der Waals surface area contributed by atoms with Crippen molar-refractivity contribution in [2.24, 2.45) is 0 Å². The van der Waals surface area contributed by atoms with E-state index in [1.54, 1.807) is 6.07 Å². The number of phenols is 1. The van der Waals surface area contributed by atoms with Gasteiger partial charge in [0.25, 0.3) is 0 Å². The van der Waals surface area contributed by atoms with E-state index in [0.29, 0.717) is 6.54 Å². The number of hydrogen-bond donors (Lipinski definition) is 2. The molecule has 0 saturated carbocycles. The average Bonchev–Trinajstić information content (AvgIpc) is 2.92. The molecule has 0 bridgehead atoms. The predicted molar refractivity (Wildman–Crippen MR) is 75.0 cm³/mol. The van der Waals surface area contributed by atoms with Gasteiger partial charge in [0.2, 0.25) is 5.91 Å². The molecular formula is C15H22N2O2. The number of aromatic hydroxyl groups is 1. The highest BCUT2D eigenvalue weighted by molar-refractivity contribution is 5.81. The number of nitrogens with one attached hydrogen (secondary N) is 1. The summed E-state index contributed by atoms with van der Waals surface area (Å²) in [6.45, 7) is 6.13. The smallest absolute Gasteiger partial charge is 0.239 e. The number of hydrogen-bond acceptors (Lipinski definition) is 3. The van der Waals surface area contributed by atoms with Crippen LogP contribution in [0.4, 0.5) is 0 Å². The number of likely N-dealkylation sites (tertiary alicyclic amines) is 1. The number of carbonyl (C=O) groups is 1. The monoisotopic (exact) mass is 262 g/mol. The molecule has 1 fully saturated rings. The summed E-state index contributed by atoms with van der Waals surface area (Å²) in [6, 6.07) is 5.30. The van der Waals surface area contributed by atoms with Gasteiger partial charge in [-0.1, -0.05) is 17.7 Å². The molecule has 0 aromatic heterocycles. The van der Waals surface area contributed by atoms with Crippen molar-refractivity contribution in [1.82, 2.24) is 10.2 Å². The van der Waals surface area contributed by atoms with Gasteiger partial charge in [-0.3, -0.25) is 4.79 Å². The molecule has 0 radical (unpaired) electrons. The average molecular weight is 262 g/mol. The summed E-state index contributed by atoms with van der Waals surface area (Å²) in [5.74, 6) is 0.434. The fourth-order valence-corrected chi connectivity index (χ4v) is 2.42. The molecule has 1 saturated heterocycles. The molecule has 2 N–H and O–H groups in total. The van der Waals surface area contributed by atoms with E-state index in [4.69, 9.17) is 0 Å². The Hall–Kier alpha value is -1.55. The lowest BCUT2D eigenvalue weighted by Gasteiger charge is -2.21. The van der Waals surface area contributed by atoms with Crippen LogP contribution >= 0.6 is 0 Å². The lowest BCUT2D eigenvalue weighted by Crippen LogP contribution is -2.43. The number of nitrogens with zero attached hydrogens (tertiary/aromatic N) is 1. The highest BCUT2D eigenvalue weighted by Gasteiger charge is 2.22. The number of rotatable bonds is 4. The van der Waals surface area contributed by atoms with Crippen LogP contribution in [-0.2, 0) is 11.3 Å².